The van der Waals surface area contributed by atoms with Gasteiger partial charge in [-0.25, -0.2) is 0 Å². The summed E-state index contributed by atoms with van der Waals surface area (Å²) in [5, 5.41) is 31.8. The first-order valence-corrected chi connectivity index (χ1v) is 5.47. The molecule has 1 rings (SSSR count). The van der Waals surface area contributed by atoms with E-state index in [9.17, 15) is 15.3 Å². The molecule has 1 aromatic carbocycles. The molecule has 4 N–H and O–H groups in total. The number of aromatic hydroxyl groups is 2. The van der Waals surface area contributed by atoms with Crippen molar-refractivity contribution in [2.45, 2.75) is 19.1 Å². The third-order valence-corrected chi connectivity index (χ3v) is 2.51. The molecule has 0 aliphatic carbocycles. The van der Waals surface area contributed by atoms with Crippen LogP contribution in [0.4, 0.5) is 0 Å². The molecular formula is C12H19NO4. The highest BCUT2D eigenvalue weighted by Gasteiger charge is 2.15. The van der Waals surface area contributed by atoms with Crippen molar-refractivity contribution in [1.82, 2.24) is 5.32 Å². The zero-order valence-electron chi connectivity index (χ0n) is 10.1. The van der Waals surface area contributed by atoms with Crippen LogP contribution in [0.15, 0.2) is 18.2 Å². The number of nitrogens with one attached hydrogen (secondary N) is 1. The lowest BCUT2D eigenvalue weighted by atomic mass is 10.1. The summed E-state index contributed by atoms with van der Waals surface area (Å²) in [6, 6.07) is 4.33. The Balaban J connectivity index is 2.61. The van der Waals surface area contributed by atoms with Crippen LogP contribution >= 0.6 is 0 Å². The maximum Gasteiger partial charge on any atom is 0.124 e. The highest BCUT2D eigenvalue weighted by Crippen LogP contribution is 2.31. The van der Waals surface area contributed by atoms with E-state index in [2.05, 4.69) is 5.32 Å². The summed E-state index contributed by atoms with van der Waals surface area (Å²) in [4.78, 5) is 0. The molecule has 0 aromatic heterocycles. The number of rotatable bonds is 6. The van der Waals surface area contributed by atoms with Gasteiger partial charge in [-0.3, -0.25) is 0 Å². The van der Waals surface area contributed by atoms with Crippen LogP contribution in [0.1, 0.15) is 18.5 Å². The van der Waals surface area contributed by atoms with Crippen LogP contribution in [-0.2, 0) is 4.74 Å². The molecule has 96 valence electrons. The molecule has 2 atom stereocenters. The molecule has 0 radical (unpaired) electrons. The summed E-state index contributed by atoms with van der Waals surface area (Å²) < 4.78 is 4.80. The first-order chi connectivity index (χ1) is 8.06. The molecule has 0 saturated carbocycles. The molecule has 0 aliphatic heterocycles. The first kappa shape index (κ1) is 13.8. The largest absolute Gasteiger partial charge is 0.507 e. The van der Waals surface area contributed by atoms with Crippen LogP contribution in [0.2, 0.25) is 0 Å². The second-order valence-corrected chi connectivity index (χ2v) is 3.95. The number of phenolic OH excluding ortho intramolecular Hbond substituents is 2. The summed E-state index contributed by atoms with van der Waals surface area (Å²) in [7, 11) is 1.52. The molecule has 0 saturated heterocycles. The van der Waals surface area contributed by atoms with E-state index in [1.54, 1.807) is 13.0 Å². The number of ether oxygens (including phenoxy) is 1. The highest BCUT2D eigenvalue weighted by atomic mass is 16.5. The van der Waals surface area contributed by atoms with Crippen molar-refractivity contribution in [1.29, 1.82) is 0 Å². The summed E-state index contributed by atoms with van der Waals surface area (Å²) >= 11 is 0. The Morgan fingerprint density at radius 3 is 2.41 bits per heavy atom. The van der Waals surface area contributed by atoms with Crippen molar-refractivity contribution in [3.63, 3.8) is 0 Å². The smallest absolute Gasteiger partial charge is 0.124 e. The number of hydrogen-bond acceptors (Lipinski definition) is 5. The second kappa shape index (κ2) is 6.44. The number of aliphatic hydroxyl groups is 1. The average Bonchev–Trinajstić information content (AvgIpc) is 2.26. The minimum absolute atomic E-state index is 0.0335. The normalized spacial score (nSPS) is 14.5. The lowest BCUT2D eigenvalue weighted by Crippen LogP contribution is -2.31. The van der Waals surface area contributed by atoms with Crippen molar-refractivity contribution in [3.05, 3.63) is 23.8 Å². The molecule has 2 unspecified atom stereocenters. The molecule has 0 amide bonds. The van der Waals surface area contributed by atoms with E-state index in [0.717, 1.165) is 0 Å². The first-order valence-electron chi connectivity index (χ1n) is 5.47. The van der Waals surface area contributed by atoms with E-state index in [4.69, 9.17) is 4.74 Å². The molecule has 0 fully saturated rings. The van der Waals surface area contributed by atoms with Crippen LogP contribution < -0.4 is 5.32 Å². The summed E-state index contributed by atoms with van der Waals surface area (Å²) in [5.74, 6) is 0.0671. The number of benzene rings is 1. The van der Waals surface area contributed by atoms with Gasteiger partial charge < -0.3 is 25.4 Å². The lowest BCUT2D eigenvalue weighted by molar-refractivity contribution is 0.0629. The van der Waals surface area contributed by atoms with Gasteiger partial charge in [-0.15, -0.1) is 0 Å². The van der Waals surface area contributed by atoms with E-state index in [1.165, 1.54) is 19.2 Å². The van der Waals surface area contributed by atoms with E-state index < -0.39 is 6.10 Å². The Morgan fingerprint density at radius 1 is 1.29 bits per heavy atom. The Labute approximate surface area is 101 Å². The Hall–Kier alpha value is -1.30. The predicted octanol–water partition coefficient (Wildman–Crippen LogP) is 0.756. The SMILES string of the molecule is COCC(O)CNC(C)c1c(O)cccc1O. The van der Waals surface area contributed by atoms with Gasteiger partial charge in [0.05, 0.1) is 18.3 Å². The predicted molar refractivity (Wildman–Crippen MR) is 64.1 cm³/mol. The molecule has 17 heavy (non-hydrogen) atoms. The van der Waals surface area contributed by atoms with Gasteiger partial charge in [0.2, 0.25) is 0 Å². The fourth-order valence-corrected chi connectivity index (χ4v) is 1.65. The quantitative estimate of drug-likeness (QED) is 0.591. The van der Waals surface area contributed by atoms with Crippen molar-refractivity contribution in [3.8, 4) is 11.5 Å². The van der Waals surface area contributed by atoms with E-state index in [0.29, 0.717) is 12.1 Å². The van der Waals surface area contributed by atoms with Crippen LogP contribution in [0.3, 0.4) is 0 Å². The Bertz CT molecular complexity index is 336. The van der Waals surface area contributed by atoms with Gasteiger partial charge in [0.1, 0.15) is 11.5 Å². The van der Waals surface area contributed by atoms with E-state index in [1.807, 2.05) is 0 Å². The summed E-state index contributed by atoms with van der Waals surface area (Å²) in [6.45, 7) is 2.36. The molecule has 5 heteroatoms. The Kier molecular flexibility index (Phi) is 5.21. The van der Waals surface area contributed by atoms with Gasteiger partial charge in [0.25, 0.3) is 0 Å². The topological polar surface area (TPSA) is 82.0 Å². The molecule has 0 heterocycles. The fraction of sp³-hybridized carbons (Fsp3) is 0.500. The molecule has 0 spiro atoms. The van der Waals surface area contributed by atoms with E-state index in [-0.39, 0.29) is 24.1 Å². The zero-order chi connectivity index (χ0) is 12.8. The molecule has 1 aromatic rings. The maximum absolute atomic E-state index is 9.64. The van der Waals surface area contributed by atoms with Gasteiger partial charge in [-0.2, -0.15) is 0 Å². The van der Waals surface area contributed by atoms with Gasteiger partial charge in [-0.05, 0) is 19.1 Å². The standard InChI is InChI=1S/C12H19NO4/c1-8(13-6-9(14)7-17-2)12-10(15)4-3-5-11(12)16/h3-5,8-9,13-16H,6-7H2,1-2H3. The molecular weight excluding hydrogens is 222 g/mol. The monoisotopic (exact) mass is 241 g/mol. The lowest BCUT2D eigenvalue weighted by Gasteiger charge is -2.18. The van der Waals surface area contributed by atoms with Crippen LogP contribution in [-0.4, -0.2) is 41.7 Å². The number of methoxy groups -OCH3 is 1. The summed E-state index contributed by atoms with van der Waals surface area (Å²) in [6.07, 6.45) is -0.615. The number of phenols is 2. The number of aliphatic hydroxyl groups excluding tert-OH is 1. The third-order valence-electron chi connectivity index (χ3n) is 2.51. The summed E-state index contributed by atoms with van der Waals surface area (Å²) in [5.41, 5.74) is 0.428. The molecule has 0 aliphatic rings. The van der Waals surface area contributed by atoms with Crippen molar-refractivity contribution in [2.75, 3.05) is 20.3 Å². The Morgan fingerprint density at radius 2 is 1.88 bits per heavy atom. The van der Waals surface area contributed by atoms with Crippen molar-refractivity contribution in [2.24, 2.45) is 0 Å². The van der Waals surface area contributed by atoms with Crippen molar-refractivity contribution < 1.29 is 20.1 Å². The third kappa shape index (κ3) is 3.89. The molecule has 0 bridgehead atoms. The maximum atomic E-state index is 9.64. The van der Waals surface area contributed by atoms with Crippen LogP contribution in [0.5, 0.6) is 11.5 Å². The second-order valence-electron chi connectivity index (χ2n) is 3.95. The molecule has 5 nitrogen and oxygen atoms in total. The van der Waals surface area contributed by atoms with Gasteiger partial charge in [-0.1, -0.05) is 6.07 Å². The van der Waals surface area contributed by atoms with E-state index >= 15 is 0 Å². The fourth-order valence-electron chi connectivity index (χ4n) is 1.65. The van der Waals surface area contributed by atoms with Crippen LogP contribution in [0, 0.1) is 0 Å². The van der Waals surface area contributed by atoms with Gasteiger partial charge in [0.15, 0.2) is 0 Å². The van der Waals surface area contributed by atoms with Gasteiger partial charge >= 0.3 is 0 Å². The van der Waals surface area contributed by atoms with Gasteiger partial charge in [0, 0.05) is 19.7 Å². The number of hydrogen-bond donors (Lipinski definition) is 4. The minimum Gasteiger partial charge on any atom is -0.507 e. The minimum atomic E-state index is -0.615. The highest BCUT2D eigenvalue weighted by molar-refractivity contribution is 5.44. The zero-order valence-corrected chi connectivity index (χ0v) is 10.1. The average molecular weight is 241 g/mol. The van der Waals surface area contributed by atoms with Crippen molar-refractivity contribution >= 4 is 0 Å². The van der Waals surface area contributed by atoms with Crippen LogP contribution in [0.25, 0.3) is 0 Å².